The van der Waals surface area contributed by atoms with Crippen molar-refractivity contribution in [2.45, 2.75) is 13.5 Å². The van der Waals surface area contributed by atoms with Crippen LogP contribution in [0.15, 0.2) is 0 Å². The minimum Gasteiger partial charge on any atom is -0.391 e. The van der Waals surface area contributed by atoms with Crippen LogP contribution in [0.5, 0.6) is 0 Å². The maximum absolute atomic E-state index is 11.5. The highest BCUT2D eigenvalue weighted by Crippen LogP contribution is 2.24. The predicted octanol–water partition coefficient (Wildman–Crippen LogP) is -0.698. The second-order valence-corrected chi connectivity index (χ2v) is 6.80. The van der Waals surface area contributed by atoms with E-state index in [-0.39, 0.29) is 6.61 Å². The minimum absolute atomic E-state index is 0.0543. The average molecular weight is 288 g/mol. The van der Waals surface area contributed by atoms with E-state index in [1.54, 1.807) is 4.68 Å². The number of aromatic nitrogens is 2. The van der Waals surface area contributed by atoms with E-state index in [0.717, 1.165) is 17.1 Å². The molecule has 1 fully saturated rings. The van der Waals surface area contributed by atoms with Crippen molar-refractivity contribution in [2.75, 3.05) is 37.3 Å². The van der Waals surface area contributed by atoms with Gasteiger partial charge < -0.3 is 10.0 Å². The lowest BCUT2D eigenvalue weighted by Crippen LogP contribution is -2.49. The highest BCUT2D eigenvalue weighted by Gasteiger charge is 2.26. The van der Waals surface area contributed by atoms with Crippen molar-refractivity contribution >= 4 is 15.8 Å². The zero-order valence-corrected chi connectivity index (χ0v) is 12.3. The van der Waals surface area contributed by atoms with Crippen molar-refractivity contribution in [3.63, 3.8) is 0 Å². The van der Waals surface area contributed by atoms with E-state index in [1.807, 2.05) is 14.0 Å². The van der Waals surface area contributed by atoms with Gasteiger partial charge in [-0.3, -0.25) is 4.68 Å². The van der Waals surface area contributed by atoms with E-state index < -0.39 is 10.0 Å². The third kappa shape index (κ3) is 2.75. The molecule has 1 aromatic rings. The fraction of sp³-hybridized carbons (Fsp3) is 0.727. The summed E-state index contributed by atoms with van der Waals surface area (Å²) in [4.78, 5) is 2.08. The van der Waals surface area contributed by atoms with Crippen molar-refractivity contribution in [3.8, 4) is 0 Å². The minimum atomic E-state index is -3.12. The molecule has 0 spiro atoms. The van der Waals surface area contributed by atoms with Crippen molar-refractivity contribution in [3.05, 3.63) is 11.3 Å². The number of hydrogen-bond acceptors (Lipinski definition) is 5. The highest BCUT2D eigenvalue weighted by atomic mass is 32.2. The molecule has 1 N–H and O–H groups in total. The molecule has 2 rings (SSSR count). The molecule has 1 aliphatic heterocycles. The van der Waals surface area contributed by atoms with Crippen LogP contribution in [-0.4, -0.2) is 60.0 Å². The van der Waals surface area contributed by atoms with Crippen LogP contribution < -0.4 is 4.90 Å². The first kappa shape index (κ1) is 14.3. The van der Waals surface area contributed by atoms with Gasteiger partial charge in [0.2, 0.25) is 10.0 Å². The quantitative estimate of drug-likeness (QED) is 0.796. The van der Waals surface area contributed by atoms with Crippen LogP contribution in [0.3, 0.4) is 0 Å². The Kier molecular flexibility index (Phi) is 3.84. The van der Waals surface area contributed by atoms with Crippen LogP contribution in [0.25, 0.3) is 0 Å². The fourth-order valence-corrected chi connectivity index (χ4v) is 3.33. The van der Waals surface area contributed by atoms with Gasteiger partial charge in [0.15, 0.2) is 0 Å². The third-order valence-electron chi connectivity index (χ3n) is 3.48. The molecule has 1 aromatic heterocycles. The van der Waals surface area contributed by atoms with Crippen molar-refractivity contribution < 1.29 is 13.5 Å². The number of anilines is 1. The molecule has 108 valence electrons. The SMILES string of the molecule is Cc1nn(C)c(N2CCN(S(C)(=O)=O)CC2)c1CO. The summed E-state index contributed by atoms with van der Waals surface area (Å²) in [7, 11) is -1.28. The molecular formula is C11H20N4O3S. The van der Waals surface area contributed by atoms with Gasteiger partial charge in [-0.2, -0.15) is 9.40 Å². The predicted molar refractivity (Wildman–Crippen MR) is 72.5 cm³/mol. The summed E-state index contributed by atoms with van der Waals surface area (Å²) >= 11 is 0. The second-order valence-electron chi connectivity index (χ2n) is 4.82. The van der Waals surface area contributed by atoms with Crippen LogP contribution >= 0.6 is 0 Å². The molecule has 2 heterocycles. The van der Waals surface area contributed by atoms with E-state index in [2.05, 4.69) is 10.00 Å². The Morgan fingerprint density at radius 3 is 2.32 bits per heavy atom. The molecule has 1 saturated heterocycles. The van der Waals surface area contributed by atoms with E-state index in [4.69, 9.17) is 0 Å². The molecule has 1 aliphatic rings. The average Bonchev–Trinajstić information content (AvgIpc) is 2.62. The Bertz CT molecular complexity index is 559. The van der Waals surface area contributed by atoms with Crippen molar-refractivity contribution in [2.24, 2.45) is 7.05 Å². The summed E-state index contributed by atoms with van der Waals surface area (Å²) < 4.78 is 26.2. The summed E-state index contributed by atoms with van der Waals surface area (Å²) in [5.41, 5.74) is 1.63. The molecule has 0 bridgehead atoms. The Labute approximate surface area is 113 Å². The summed E-state index contributed by atoms with van der Waals surface area (Å²) in [6.07, 6.45) is 1.23. The lowest BCUT2D eigenvalue weighted by Gasteiger charge is -2.34. The number of rotatable bonds is 3. The van der Waals surface area contributed by atoms with E-state index >= 15 is 0 Å². The van der Waals surface area contributed by atoms with Gasteiger partial charge in [0.05, 0.1) is 18.6 Å². The number of aliphatic hydroxyl groups excluding tert-OH is 1. The molecule has 0 radical (unpaired) electrons. The molecule has 7 nitrogen and oxygen atoms in total. The van der Waals surface area contributed by atoms with Gasteiger partial charge in [-0.25, -0.2) is 8.42 Å². The third-order valence-corrected chi connectivity index (χ3v) is 4.78. The van der Waals surface area contributed by atoms with E-state index in [0.29, 0.717) is 26.2 Å². The lowest BCUT2D eigenvalue weighted by molar-refractivity contribution is 0.280. The van der Waals surface area contributed by atoms with Crippen LogP contribution in [0, 0.1) is 6.92 Å². The zero-order valence-electron chi connectivity index (χ0n) is 11.5. The molecule has 0 amide bonds. The number of nitrogens with zero attached hydrogens (tertiary/aromatic N) is 4. The smallest absolute Gasteiger partial charge is 0.211 e. The van der Waals surface area contributed by atoms with Gasteiger partial charge in [0.25, 0.3) is 0 Å². The Balaban J connectivity index is 2.18. The number of aryl methyl sites for hydroxylation is 2. The molecule has 0 atom stereocenters. The van der Waals surface area contributed by atoms with Gasteiger partial charge in [0, 0.05) is 38.8 Å². The first-order valence-electron chi connectivity index (χ1n) is 6.18. The fourth-order valence-electron chi connectivity index (χ4n) is 2.50. The molecule has 0 aliphatic carbocycles. The molecule has 0 aromatic carbocycles. The Morgan fingerprint density at radius 1 is 1.26 bits per heavy atom. The first-order chi connectivity index (χ1) is 8.84. The van der Waals surface area contributed by atoms with E-state index in [9.17, 15) is 13.5 Å². The van der Waals surface area contributed by atoms with E-state index in [1.165, 1.54) is 10.6 Å². The second kappa shape index (κ2) is 5.10. The maximum Gasteiger partial charge on any atom is 0.211 e. The topological polar surface area (TPSA) is 78.7 Å². The largest absolute Gasteiger partial charge is 0.391 e. The van der Waals surface area contributed by atoms with Crippen LogP contribution in [0.1, 0.15) is 11.3 Å². The molecule has 19 heavy (non-hydrogen) atoms. The zero-order chi connectivity index (χ0) is 14.2. The standard InChI is InChI=1S/C11H20N4O3S/c1-9-10(8-16)11(13(2)12-9)14-4-6-15(7-5-14)19(3,17)18/h16H,4-8H2,1-3H3. The number of hydrogen-bond donors (Lipinski definition) is 1. The lowest BCUT2D eigenvalue weighted by atomic mass is 10.2. The Hall–Kier alpha value is -1.12. The summed E-state index contributed by atoms with van der Waals surface area (Å²) in [6, 6.07) is 0. The van der Waals surface area contributed by atoms with Crippen LogP contribution in [0.2, 0.25) is 0 Å². The summed E-state index contributed by atoms with van der Waals surface area (Å²) in [6.45, 7) is 3.96. The maximum atomic E-state index is 11.5. The monoisotopic (exact) mass is 288 g/mol. The Morgan fingerprint density at radius 2 is 1.84 bits per heavy atom. The number of piperazine rings is 1. The van der Waals surface area contributed by atoms with Gasteiger partial charge >= 0.3 is 0 Å². The van der Waals surface area contributed by atoms with Gasteiger partial charge in [-0.15, -0.1) is 0 Å². The first-order valence-corrected chi connectivity index (χ1v) is 8.03. The number of sulfonamides is 1. The molecule has 0 unspecified atom stereocenters. The van der Waals surface area contributed by atoms with Gasteiger partial charge in [-0.05, 0) is 6.92 Å². The van der Waals surface area contributed by atoms with Crippen molar-refractivity contribution in [1.82, 2.24) is 14.1 Å². The summed E-state index contributed by atoms with van der Waals surface area (Å²) in [5, 5.41) is 13.7. The van der Waals surface area contributed by atoms with Crippen LogP contribution in [0.4, 0.5) is 5.82 Å². The highest BCUT2D eigenvalue weighted by molar-refractivity contribution is 7.88. The normalized spacial score (nSPS) is 18.0. The van der Waals surface area contributed by atoms with Crippen molar-refractivity contribution in [1.29, 1.82) is 0 Å². The van der Waals surface area contributed by atoms with Gasteiger partial charge in [-0.1, -0.05) is 0 Å². The molecular weight excluding hydrogens is 268 g/mol. The molecule has 8 heteroatoms. The summed E-state index contributed by atoms with van der Waals surface area (Å²) in [5.74, 6) is 0.883. The van der Waals surface area contributed by atoms with Gasteiger partial charge in [0.1, 0.15) is 5.82 Å². The number of aliphatic hydroxyl groups is 1. The van der Waals surface area contributed by atoms with Crippen LogP contribution in [-0.2, 0) is 23.7 Å². The molecule has 0 saturated carbocycles.